The zero-order chi connectivity index (χ0) is 14.3. The van der Waals surface area contributed by atoms with Crippen LogP contribution in [0.4, 0.5) is 0 Å². The maximum atomic E-state index is 10.2. The number of hydrogen-bond acceptors (Lipinski definition) is 4. The Morgan fingerprint density at radius 3 is 2.42 bits per heavy atom. The first kappa shape index (κ1) is 16.0. The van der Waals surface area contributed by atoms with Crippen LogP contribution in [0.3, 0.4) is 0 Å². The number of thiocarbonyl (C=S) groups is 1. The fourth-order valence-corrected chi connectivity index (χ4v) is 2.11. The van der Waals surface area contributed by atoms with Crippen molar-refractivity contribution in [3.8, 4) is 0 Å². The van der Waals surface area contributed by atoms with Crippen molar-refractivity contribution in [1.29, 1.82) is 0 Å². The fourth-order valence-electron chi connectivity index (χ4n) is 1.97. The van der Waals surface area contributed by atoms with E-state index in [-0.39, 0.29) is 6.61 Å². The van der Waals surface area contributed by atoms with E-state index in [9.17, 15) is 5.11 Å². The van der Waals surface area contributed by atoms with E-state index >= 15 is 0 Å². The average molecular weight is 282 g/mol. The van der Waals surface area contributed by atoms with Crippen molar-refractivity contribution >= 4 is 17.2 Å². The molecule has 0 heterocycles. The van der Waals surface area contributed by atoms with Gasteiger partial charge in [-0.1, -0.05) is 43.4 Å². The number of nitrogens with two attached hydrogens (primary N) is 1. The lowest BCUT2D eigenvalue weighted by Crippen LogP contribution is -2.32. The van der Waals surface area contributed by atoms with Crippen LogP contribution in [0, 0.1) is 0 Å². The highest BCUT2D eigenvalue weighted by Gasteiger charge is 2.12. The van der Waals surface area contributed by atoms with Crippen LogP contribution in [0.2, 0.25) is 0 Å². The van der Waals surface area contributed by atoms with E-state index in [1.807, 2.05) is 29.2 Å². The Bertz CT molecular complexity index is 389. The summed E-state index contributed by atoms with van der Waals surface area (Å²) in [5, 5.41) is 19.2. The second kappa shape index (κ2) is 8.22. The predicted octanol–water partition coefficient (Wildman–Crippen LogP) is 1.06. The fraction of sp³-hybridized carbons (Fsp3) is 0.500. The molecule has 0 amide bonds. The van der Waals surface area contributed by atoms with Crippen molar-refractivity contribution in [2.24, 2.45) is 5.73 Å². The van der Waals surface area contributed by atoms with Crippen LogP contribution in [0.1, 0.15) is 30.6 Å². The minimum absolute atomic E-state index is 0.104. The number of benzene rings is 1. The zero-order valence-corrected chi connectivity index (χ0v) is 12.1. The topological polar surface area (TPSA) is 69.7 Å². The molecule has 0 radical (unpaired) electrons. The predicted molar refractivity (Wildman–Crippen MR) is 81.1 cm³/mol. The van der Waals surface area contributed by atoms with Gasteiger partial charge in [0.25, 0.3) is 0 Å². The van der Waals surface area contributed by atoms with Crippen molar-refractivity contribution in [1.82, 2.24) is 4.90 Å². The molecule has 0 aromatic heterocycles. The monoisotopic (exact) mass is 282 g/mol. The third kappa shape index (κ3) is 5.24. The number of hydrogen-bond donors (Lipinski definition) is 3. The molecule has 0 spiro atoms. The molecule has 5 heteroatoms. The van der Waals surface area contributed by atoms with Crippen LogP contribution in [0.15, 0.2) is 24.3 Å². The lowest BCUT2D eigenvalue weighted by Gasteiger charge is -2.24. The molecule has 0 fully saturated rings. The van der Waals surface area contributed by atoms with E-state index in [0.29, 0.717) is 18.1 Å². The van der Waals surface area contributed by atoms with Gasteiger partial charge < -0.3 is 15.9 Å². The molecule has 0 saturated carbocycles. The molecule has 0 aliphatic heterocycles. The quantitative estimate of drug-likeness (QED) is 0.622. The van der Waals surface area contributed by atoms with Gasteiger partial charge in [-0.2, -0.15) is 0 Å². The van der Waals surface area contributed by atoms with Gasteiger partial charge in [-0.25, -0.2) is 0 Å². The van der Waals surface area contributed by atoms with Crippen LogP contribution in [-0.2, 0) is 0 Å². The van der Waals surface area contributed by atoms with Gasteiger partial charge in [-0.3, -0.25) is 4.90 Å². The third-order valence-corrected chi connectivity index (χ3v) is 3.20. The molecule has 1 aromatic rings. The van der Waals surface area contributed by atoms with E-state index in [1.54, 1.807) is 0 Å². The zero-order valence-electron chi connectivity index (χ0n) is 11.2. The maximum absolute atomic E-state index is 10.2. The van der Waals surface area contributed by atoms with Crippen molar-refractivity contribution in [3.63, 3.8) is 0 Å². The maximum Gasteiger partial charge on any atom is 0.103 e. The Morgan fingerprint density at radius 1 is 1.32 bits per heavy atom. The van der Waals surface area contributed by atoms with E-state index in [1.165, 1.54) is 0 Å². The molecule has 1 atom stereocenters. The first-order valence-corrected chi connectivity index (χ1v) is 6.90. The number of nitrogens with zero attached hydrogens (tertiary/aromatic N) is 1. The van der Waals surface area contributed by atoms with Gasteiger partial charge in [0, 0.05) is 18.7 Å². The molecule has 4 nitrogen and oxygen atoms in total. The van der Waals surface area contributed by atoms with Crippen LogP contribution >= 0.6 is 12.2 Å². The van der Waals surface area contributed by atoms with Crippen LogP contribution in [0.25, 0.3) is 0 Å². The van der Waals surface area contributed by atoms with Crippen LogP contribution < -0.4 is 5.73 Å². The Hall–Kier alpha value is -1.01. The molecular weight excluding hydrogens is 260 g/mol. The molecular formula is C14H22N2O2S. The Balaban J connectivity index is 2.65. The summed E-state index contributed by atoms with van der Waals surface area (Å²) in [6.45, 7) is 4.14. The van der Waals surface area contributed by atoms with Crippen molar-refractivity contribution < 1.29 is 10.2 Å². The molecule has 1 aromatic carbocycles. The number of aliphatic hydroxyl groups is 2. The van der Waals surface area contributed by atoms with E-state index in [0.717, 1.165) is 24.1 Å². The van der Waals surface area contributed by atoms with Gasteiger partial charge in [0.15, 0.2) is 0 Å². The molecule has 4 N–H and O–H groups in total. The van der Waals surface area contributed by atoms with Gasteiger partial charge in [-0.15, -0.1) is 0 Å². The molecule has 19 heavy (non-hydrogen) atoms. The van der Waals surface area contributed by atoms with Crippen molar-refractivity contribution in [3.05, 3.63) is 35.4 Å². The van der Waals surface area contributed by atoms with Crippen LogP contribution in [0.5, 0.6) is 0 Å². The summed E-state index contributed by atoms with van der Waals surface area (Å²) in [4.78, 5) is 2.40. The lowest BCUT2D eigenvalue weighted by atomic mass is 10.1. The summed E-state index contributed by atoms with van der Waals surface area (Å²) in [5.41, 5.74) is 7.16. The van der Waals surface area contributed by atoms with Crippen molar-refractivity contribution in [2.75, 3.05) is 26.2 Å². The van der Waals surface area contributed by atoms with Crippen LogP contribution in [-0.4, -0.2) is 46.3 Å². The molecule has 1 unspecified atom stereocenters. The lowest BCUT2D eigenvalue weighted by molar-refractivity contribution is 0.0998. The Morgan fingerprint density at radius 2 is 1.95 bits per heavy atom. The summed E-state index contributed by atoms with van der Waals surface area (Å²) >= 11 is 4.89. The highest BCUT2D eigenvalue weighted by atomic mass is 32.1. The molecule has 0 aliphatic rings. The highest BCUT2D eigenvalue weighted by molar-refractivity contribution is 7.80. The first-order chi connectivity index (χ1) is 9.08. The van der Waals surface area contributed by atoms with E-state index in [2.05, 4.69) is 6.92 Å². The minimum Gasteiger partial charge on any atom is -0.395 e. The van der Waals surface area contributed by atoms with Gasteiger partial charge in [0.1, 0.15) is 4.99 Å². The second-order valence-electron chi connectivity index (χ2n) is 4.53. The van der Waals surface area contributed by atoms with E-state index in [4.69, 9.17) is 23.1 Å². The second-order valence-corrected chi connectivity index (χ2v) is 4.97. The molecule has 1 rings (SSSR count). The molecule has 0 aliphatic carbocycles. The highest BCUT2D eigenvalue weighted by Crippen LogP contribution is 2.15. The minimum atomic E-state index is -0.571. The van der Waals surface area contributed by atoms with Gasteiger partial charge in [0.2, 0.25) is 0 Å². The summed E-state index contributed by atoms with van der Waals surface area (Å²) in [7, 11) is 0. The summed E-state index contributed by atoms with van der Waals surface area (Å²) in [6.07, 6.45) is 0.422. The summed E-state index contributed by atoms with van der Waals surface area (Å²) < 4.78 is 0. The smallest absolute Gasteiger partial charge is 0.103 e. The first-order valence-electron chi connectivity index (χ1n) is 6.49. The third-order valence-electron chi connectivity index (χ3n) is 2.97. The number of aliphatic hydroxyl groups excluding tert-OH is 2. The average Bonchev–Trinajstić information content (AvgIpc) is 2.39. The molecule has 0 saturated heterocycles. The summed E-state index contributed by atoms with van der Waals surface area (Å²) in [6, 6.07) is 7.30. The van der Waals surface area contributed by atoms with Gasteiger partial charge >= 0.3 is 0 Å². The Labute approximate surface area is 119 Å². The largest absolute Gasteiger partial charge is 0.395 e. The number of rotatable bonds is 8. The normalized spacial score (nSPS) is 12.6. The Kier molecular flexibility index (Phi) is 6.94. The SMILES string of the molecule is CCCN(CCO)CC(O)c1ccc(C(N)=S)cc1. The van der Waals surface area contributed by atoms with Gasteiger partial charge in [0.05, 0.1) is 12.7 Å². The standard InChI is InChI=1S/C14H22N2O2S/c1-2-7-16(8-9-17)10-13(18)11-3-5-12(6-4-11)14(15)19/h3-6,13,17-18H,2,7-10H2,1H3,(H2,15,19). The molecule has 106 valence electrons. The summed E-state index contributed by atoms with van der Waals surface area (Å²) in [5.74, 6) is 0. The van der Waals surface area contributed by atoms with Gasteiger partial charge in [-0.05, 0) is 18.5 Å². The van der Waals surface area contributed by atoms with Crippen molar-refractivity contribution in [2.45, 2.75) is 19.4 Å². The molecule has 0 bridgehead atoms. The van der Waals surface area contributed by atoms with E-state index < -0.39 is 6.10 Å².